The van der Waals surface area contributed by atoms with Crippen LogP contribution in [0.1, 0.15) is 32.3 Å². The fraction of sp³-hybridized carbons (Fsp3) is 0.583. The minimum Gasteiger partial charge on any atom is -0.463 e. The van der Waals surface area contributed by atoms with Crippen LogP contribution >= 0.6 is 0 Å². The molecular weight excluding hydrogens is 220 g/mol. The van der Waals surface area contributed by atoms with Crippen LogP contribution in [-0.2, 0) is 5.60 Å². The largest absolute Gasteiger partial charge is 0.463 e. The lowest BCUT2D eigenvalue weighted by Crippen LogP contribution is -2.45. The summed E-state index contributed by atoms with van der Waals surface area (Å²) in [6.45, 7) is 7.24. The van der Waals surface area contributed by atoms with Crippen molar-refractivity contribution in [2.75, 3.05) is 6.54 Å². The van der Waals surface area contributed by atoms with Gasteiger partial charge in [-0.05, 0) is 39.8 Å². The molecule has 17 heavy (non-hydrogen) atoms. The summed E-state index contributed by atoms with van der Waals surface area (Å²) >= 11 is 0. The number of nitrogens with one attached hydrogen (secondary N) is 2. The zero-order valence-corrected chi connectivity index (χ0v) is 10.7. The molecule has 0 fully saturated rings. The number of carbonyl (C=O) groups excluding carboxylic acids is 1. The third-order valence-electron chi connectivity index (χ3n) is 2.28. The lowest BCUT2D eigenvalue weighted by Gasteiger charge is -2.21. The van der Waals surface area contributed by atoms with Crippen molar-refractivity contribution in [2.24, 2.45) is 0 Å². The number of aliphatic hydroxyl groups is 1. The number of aryl methyl sites for hydroxylation is 1. The zero-order chi connectivity index (χ0) is 13.1. The van der Waals surface area contributed by atoms with E-state index in [1.165, 1.54) is 0 Å². The molecule has 5 nitrogen and oxygen atoms in total. The Morgan fingerprint density at radius 3 is 2.65 bits per heavy atom. The summed E-state index contributed by atoms with van der Waals surface area (Å²) in [6.07, 6.45) is 0. The minimum absolute atomic E-state index is 0.0609. The average molecular weight is 240 g/mol. The maximum atomic E-state index is 11.4. The lowest BCUT2D eigenvalue weighted by molar-refractivity contribution is 0.0359. The van der Waals surface area contributed by atoms with Gasteiger partial charge in [0.05, 0.1) is 6.54 Å². The van der Waals surface area contributed by atoms with E-state index in [0.717, 1.165) is 5.76 Å². The first kappa shape index (κ1) is 13.6. The van der Waals surface area contributed by atoms with E-state index in [0.29, 0.717) is 5.76 Å². The molecule has 1 unspecified atom stereocenters. The van der Waals surface area contributed by atoms with Gasteiger partial charge in [-0.3, -0.25) is 0 Å². The molecule has 1 aromatic heterocycles. The Morgan fingerprint density at radius 1 is 1.53 bits per heavy atom. The fourth-order valence-corrected chi connectivity index (χ4v) is 1.38. The second-order valence-corrected chi connectivity index (χ2v) is 4.67. The van der Waals surface area contributed by atoms with Crippen LogP contribution in [0.2, 0.25) is 0 Å². The number of hydrogen-bond acceptors (Lipinski definition) is 3. The van der Waals surface area contributed by atoms with Gasteiger partial charge in [0.2, 0.25) is 0 Å². The second-order valence-electron chi connectivity index (χ2n) is 4.67. The quantitative estimate of drug-likeness (QED) is 0.746. The Balaban J connectivity index is 2.53. The molecule has 1 aromatic rings. The third kappa shape index (κ3) is 4.11. The zero-order valence-electron chi connectivity index (χ0n) is 10.7. The highest BCUT2D eigenvalue weighted by Crippen LogP contribution is 2.21. The number of amides is 2. The first-order chi connectivity index (χ1) is 7.81. The van der Waals surface area contributed by atoms with E-state index in [-0.39, 0.29) is 18.6 Å². The molecular formula is C12H20N2O3. The van der Waals surface area contributed by atoms with E-state index in [1.54, 1.807) is 26.0 Å². The number of hydrogen-bond donors (Lipinski definition) is 3. The van der Waals surface area contributed by atoms with Crippen LogP contribution in [0.4, 0.5) is 4.79 Å². The van der Waals surface area contributed by atoms with Crippen LogP contribution in [0.5, 0.6) is 0 Å². The van der Waals surface area contributed by atoms with Crippen molar-refractivity contribution in [3.8, 4) is 0 Å². The molecule has 2 amide bonds. The van der Waals surface area contributed by atoms with E-state index in [4.69, 9.17) is 4.42 Å². The summed E-state index contributed by atoms with van der Waals surface area (Å²) < 4.78 is 5.34. The SMILES string of the molecule is Cc1ccc(C(C)(O)CNC(=O)NC(C)C)o1. The van der Waals surface area contributed by atoms with Gasteiger partial charge in [-0.1, -0.05) is 0 Å². The van der Waals surface area contributed by atoms with Gasteiger partial charge in [0.15, 0.2) is 0 Å². The van der Waals surface area contributed by atoms with E-state index < -0.39 is 5.60 Å². The van der Waals surface area contributed by atoms with Gasteiger partial charge >= 0.3 is 6.03 Å². The smallest absolute Gasteiger partial charge is 0.315 e. The second kappa shape index (κ2) is 5.23. The maximum Gasteiger partial charge on any atom is 0.315 e. The molecule has 0 saturated carbocycles. The Kier molecular flexibility index (Phi) is 4.17. The Labute approximate surface area is 101 Å². The number of carbonyl (C=O) groups is 1. The van der Waals surface area contributed by atoms with E-state index >= 15 is 0 Å². The summed E-state index contributed by atoms with van der Waals surface area (Å²) in [7, 11) is 0. The van der Waals surface area contributed by atoms with Crippen LogP contribution in [0.25, 0.3) is 0 Å². The molecule has 1 rings (SSSR count). The van der Waals surface area contributed by atoms with Gasteiger partial charge in [0, 0.05) is 6.04 Å². The van der Waals surface area contributed by atoms with Gasteiger partial charge < -0.3 is 20.2 Å². The van der Waals surface area contributed by atoms with Crippen molar-refractivity contribution >= 4 is 6.03 Å². The molecule has 96 valence electrons. The van der Waals surface area contributed by atoms with E-state index in [2.05, 4.69) is 10.6 Å². The fourth-order valence-electron chi connectivity index (χ4n) is 1.38. The number of rotatable bonds is 4. The predicted molar refractivity (Wildman–Crippen MR) is 64.7 cm³/mol. The maximum absolute atomic E-state index is 11.4. The standard InChI is InChI=1S/C12H20N2O3/c1-8(2)14-11(15)13-7-12(4,16)10-6-5-9(3)17-10/h5-6,8,16H,7H2,1-4H3,(H2,13,14,15). The Morgan fingerprint density at radius 2 is 2.18 bits per heavy atom. The highest BCUT2D eigenvalue weighted by molar-refractivity contribution is 5.74. The molecule has 0 aromatic carbocycles. The first-order valence-electron chi connectivity index (χ1n) is 5.65. The molecule has 0 aliphatic carbocycles. The van der Waals surface area contributed by atoms with Crippen molar-refractivity contribution in [1.82, 2.24) is 10.6 Å². The summed E-state index contributed by atoms with van der Waals surface area (Å²) in [6, 6.07) is 3.24. The molecule has 0 aliphatic rings. The Hall–Kier alpha value is -1.49. The van der Waals surface area contributed by atoms with E-state index in [9.17, 15) is 9.90 Å². The van der Waals surface area contributed by atoms with Gasteiger partial charge in [-0.15, -0.1) is 0 Å². The van der Waals surface area contributed by atoms with Crippen LogP contribution < -0.4 is 10.6 Å². The molecule has 5 heteroatoms. The molecule has 1 heterocycles. The molecule has 0 radical (unpaired) electrons. The van der Waals surface area contributed by atoms with Gasteiger partial charge in [-0.25, -0.2) is 4.79 Å². The normalized spacial score (nSPS) is 14.5. The van der Waals surface area contributed by atoms with Crippen LogP contribution in [0.15, 0.2) is 16.5 Å². The van der Waals surface area contributed by atoms with Crippen molar-refractivity contribution in [3.63, 3.8) is 0 Å². The third-order valence-corrected chi connectivity index (χ3v) is 2.28. The van der Waals surface area contributed by atoms with Crippen LogP contribution in [-0.4, -0.2) is 23.7 Å². The molecule has 0 aliphatic heterocycles. The molecule has 0 spiro atoms. The molecule has 3 N–H and O–H groups in total. The van der Waals surface area contributed by atoms with Crippen molar-refractivity contribution in [3.05, 3.63) is 23.7 Å². The van der Waals surface area contributed by atoms with Crippen molar-refractivity contribution in [2.45, 2.75) is 39.3 Å². The summed E-state index contributed by atoms with van der Waals surface area (Å²) in [5, 5.41) is 15.4. The monoisotopic (exact) mass is 240 g/mol. The number of furan rings is 1. The van der Waals surface area contributed by atoms with Crippen LogP contribution in [0, 0.1) is 6.92 Å². The highest BCUT2D eigenvalue weighted by Gasteiger charge is 2.27. The van der Waals surface area contributed by atoms with Crippen LogP contribution in [0.3, 0.4) is 0 Å². The summed E-state index contributed by atoms with van der Waals surface area (Å²) in [5.74, 6) is 1.17. The lowest BCUT2D eigenvalue weighted by atomic mass is 10.0. The molecule has 0 bridgehead atoms. The first-order valence-corrected chi connectivity index (χ1v) is 5.65. The molecule has 0 saturated heterocycles. The number of urea groups is 1. The van der Waals surface area contributed by atoms with Gasteiger partial charge in [0.25, 0.3) is 0 Å². The van der Waals surface area contributed by atoms with Gasteiger partial charge in [0.1, 0.15) is 17.1 Å². The van der Waals surface area contributed by atoms with E-state index in [1.807, 2.05) is 13.8 Å². The Bertz CT molecular complexity index is 383. The minimum atomic E-state index is -1.21. The summed E-state index contributed by atoms with van der Waals surface area (Å²) in [4.78, 5) is 11.4. The topological polar surface area (TPSA) is 74.5 Å². The predicted octanol–water partition coefficient (Wildman–Crippen LogP) is 1.50. The van der Waals surface area contributed by atoms with Crippen molar-refractivity contribution < 1.29 is 14.3 Å². The van der Waals surface area contributed by atoms with Gasteiger partial charge in [-0.2, -0.15) is 0 Å². The average Bonchev–Trinajstić information content (AvgIpc) is 2.62. The summed E-state index contributed by atoms with van der Waals surface area (Å²) in [5.41, 5.74) is -1.21. The highest BCUT2D eigenvalue weighted by atomic mass is 16.4. The van der Waals surface area contributed by atoms with Crippen molar-refractivity contribution in [1.29, 1.82) is 0 Å². The molecule has 1 atom stereocenters.